The Kier molecular flexibility index (Phi) is 8.85. The molecule has 2 atom stereocenters. The van der Waals surface area contributed by atoms with Crippen LogP contribution < -0.4 is 0 Å². The number of allylic oxidation sites excluding steroid dienone is 4. The second-order valence-corrected chi connectivity index (χ2v) is 5.65. The van der Waals surface area contributed by atoms with Crippen LogP contribution in [-0.4, -0.2) is 0 Å². The van der Waals surface area contributed by atoms with Crippen molar-refractivity contribution in [3.63, 3.8) is 0 Å². The SMILES string of the molecule is C=CCC(C)CC(=CC(C)C)CCC(C)C=C. The summed E-state index contributed by atoms with van der Waals surface area (Å²) in [4.78, 5) is 0. The van der Waals surface area contributed by atoms with Crippen LogP contribution in [0.5, 0.6) is 0 Å². The van der Waals surface area contributed by atoms with Crippen molar-refractivity contribution in [3.8, 4) is 0 Å². The second-order valence-electron chi connectivity index (χ2n) is 5.65. The largest absolute Gasteiger partial charge is 0.103 e. The first-order valence-corrected chi connectivity index (χ1v) is 6.92. The smallest absolute Gasteiger partial charge is 0.0262 e. The van der Waals surface area contributed by atoms with Gasteiger partial charge in [0.05, 0.1) is 0 Å². The quantitative estimate of drug-likeness (QED) is 0.444. The molecule has 0 bridgehead atoms. The third-order valence-electron chi connectivity index (χ3n) is 3.07. The molecule has 0 aromatic carbocycles. The molecule has 98 valence electrons. The summed E-state index contributed by atoms with van der Waals surface area (Å²) in [5.41, 5.74) is 1.61. The summed E-state index contributed by atoms with van der Waals surface area (Å²) in [6.07, 6.45) is 11.3. The van der Waals surface area contributed by atoms with E-state index in [1.54, 1.807) is 5.57 Å². The lowest BCUT2D eigenvalue weighted by molar-refractivity contribution is 0.548. The van der Waals surface area contributed by atoms with Crippen LogP contribution in [0.4, 0.5) is 0 Å². The summed E-state index contributed by atoms with van der Waals surface area (Å²) in [5, 5.41) is 0. The van der Waals surface area contributed by atoms with Crippen LogP contribution in [0.3, 0.4) is 0 Å². The number of hydrogen-bond donors (Lipinski definition) is 0. The molecule has 0 aliphatic carbocycles. The molecule has 0 nitrogen and oxygen atoms in total. The summed E-state index contributed by atoms with van der Waals surface area (Å²) < 4.78 is 0. The predicted molar refractivity (Wildman–Crippen MR) is 80.1 cm³/mol. The highest BCUT2D eigenvalue weighted by Gasteiger charge is 2.07. The molecule has 0 aliphatic heterocycles. The first-order chi connectivity index (χ1) is 7.99. The Hall–Kier alpha value is -0.780. The molecule has 0 saturated heterocycles. The van der Waals surface area contributed by atoms with Crippen molar-refractivity contribution in [1.82, 2.24) is 0 Å². The molecule has 0 aromatic rings. The van der Waals surface area contributed by atoms with Crippen molar-refractivity contribution in [2.45, 2.75) is 53.4 Å². The molecule has 0 aromatic heterocycles. The highest BCUT2D eigenvalue weighted by atomic mass is 14.1. The lowest BCUT2D eigenvalue weighted by atomic mass is 9.91. The van der Waals surface area contributed by atoms with Gasteiger partial charge in [0.1, 0.15) is 0 Å². The first-order valence-electron chi connectivity index (χ1n) is 6.92. The van der Waals surface area contributed by atoms with Gasteiger partial charge in [-0.1, -0.05) is 51.5 Å². The van der Waals surface area contributed by atoms with Gasteiger partial charge in [-0.2, -0.15) is 0 Å². The monoisotopic (exact) mass is 234 g/mol. The van der Waals surface area contributed by atoms with Crippen molar-refractivity contribution in [3.05, 3.63) is 37.0 Å². The van der Waals surface area contributed by atoms with Gasteiger partial charge >= 0.3 is 0 Å². The number of rotatable bonds is 9. The first kappa shape index (κ1) is 16.2. The van der Waals surface area contributed by atoms with Crippen LogP contribution in [-0.2, 0) is 0 Å². The van der Waals surface area contributed by atoms with Crippen LogP contribution in [0.2, 0.25) is 0 Å². The average Bonchev–Trinajstić information content (AvgIpc) is 2.24. The van der Waals surface area contributed by atoms with Crippen LogP contribution in [0, 0.1) is 17.8 Å². The third-order valence-corrected chi connectivity index (χ3v) is 3.07. The van der Waals surface area contributed by atoms with Gasteiger partial charge in [-0.15, -0.1) is 13.2 Å². The van der Waals surface area contributed by atoms with Crippen molar-refractivity contribution in [1.29, 1.82) is 0 Å². The molecular formula is C17H30. The Bertz CT molecular complexity index is 245. The lowest BCUT2D eigenvalue weighted by Gasteiger charge is -2.15. The van der Waals surface area contributed by atoms with E-state index in [1.807, 2.05) is 6.08 Å². The minimum atomic E-state index is 0.625. The molecule has 0 rings (SSSR count). The highest BCUT2D eigenvalue weighted by molar-refractivity contribution is 5.05. The standard InChI is InChI=1S/C17H30/c1-7-9-16(6)13-17(12-14(3)4)11-10-15(5)8-2/h7-8,12,14-16H,1-2,9-11,13H2,3-6H3. The van der Waals surface area contributed by atoms with Gasteiger partial charge in [0.15, 0.2) is 0 Å². The molecule has 2 unspecified atom stereocenters. The van der Waals surface area contributed by atoms with E-state index in [-0.39, 0.29) is 0 Å². The number of hydrogen-bond acceptors (Lipinski definition) is 0. The summed E-state index contributed by atoms with van der Waals surface area (Å²) in [5.74, 6) is 2.00. The Morgan fingerprint density at radius 2 is 1.76 bits per heavy atom. The zero-order valence-corrected chi connectivity index (χ0v) is 12.2. The van der Waals surface area contributed by atoms with Crippen LogP contribution in [0.1, 0.15) is 53.4 Å². The Morgan fingerprint density at radius 3 is 2.24 bits per heavy atom. The molecule has 0 heteroatoms. The van der Waals surface area contributed by atoms with E-state index in [4.69, 9.17) is 0 Å². The van der Waals surface area contributed by atoms with Crippen molar-refractivity contribution < 1.29 is 0 Å². The van der Waals surface area contributed by atoms with Gasteiger partial charge in [-0.05, 0) is 43.4 Å². The fraction of sp³-hybridized carbons (Fsp3) is 0.647. The van der Waals surface area contributed by atoms with Crippen molar-refractivity contribution in [2.75, 3.05) is 0 Å². The van der Waals surface area contributed by atoms with E-state index in [1.165, 1.54) is 19.3 Å². The molecule has 0 aliphatic rings. The van der Waals surface area contributed by atoms with Crippen molar-refractivity contribution >= 4 is 0 Å². The molecule has 0 amide bonds. The minimum Gasteiger partial charge on any atom is -0.103 e. The van der Waals surface area contributed by atoms with E-state index >= 15 is 0 Å². The molecule has 0 N–H and O–H groups in total. The molecule has 17 heavy (non-hydrogen) atoms. The van der Waals surface area contributed by atoms with E-state index in [0.29, 0.717) is 11.8 Å². The zero-order chi connectivity index (χ0) is 13.3. The molecular weight excluding hydrogens is 204 g/mol. The van der Waals surface area contributed by atoms with Gasteiger partial charge in [0, 0.05) is 0 Å². The van der Waals surface area contributed by atoms with E-state index in [0.717, 1.165) is 12.3 Å². The molecule has 0 spiro atoms. The fourth-order valence-electron chi connectivity index (χ4n) is 2.07. The topological polar surface area (TPSA) is 0 Å². The highest BCUT2D eigenvalue weighted by Crippen LogP contribution is 2.23. The Morgan fingerprint density at radius 1 is 1.12 bits per heavy atom. The third kappa shape index (κ3) is 8.97. The minimum absolute atomic E-state index is 0.625. The zero-order valence-electron chi connectivity index (χ0n) is 12.2. The maximum atomic E-state index is 3.86. The van der Waals surface area contributed by atoms with Gasteiger partial charge in [0.25, 0.3) is 0 Å². The Balaban J connectivity index is 4.33. The molecule has 0 heterocycles. The lowest BCUT2D eigenvalue weighted by Crippen LogP contribution is -2.00. The molecule has 0 radical (unpaired) electrons. The van der Waals surface area contributed by atoms with E-state index in [2.05, 4.69) is 53.0 Å². The fourth-order valence-corrected chi connectivity index (χ4v) is 2.07. The van der Waals surface area contributed by atoms with Gasteiger partial charge < -0.3 is 0 Å². The summed E-state index contributed by atoms with van der Waals surface area (Å²) >= 11 is 0. The van der Waals surface area contributed by atoms with E-state index < -0.39 is 0 Å². The molecule has 0 fully saturated rings. The average molecular weight is 234 g/mol. The van der Waals surface area contributed by atoms with Gasteiger partial charge in [0.2, 0.25) is 0 Å². The Labute approximate surface area is 109 Å². The summed E-state index contributed by atoms with van der Waals surface area (Å²) in [6.45, 7) is 16.8. The summed E-state index contributed by atoms with van der Waals surface area (Å²) in [7, 11) is 0. The van der Waals surface area contributed by atoms with Crippen LogP contribution in [0.15, 0.2) is 37.0 Å². The summed E-state index contributed by atoms with van der Waals surface area (Å²) in [6, 6.07) is 0. The van der Waals surface area contributed by atoms with E-state index in [9.17, 15) is 0 Å². The predicted octanol–water partition coefficient (Wildman–Crippen LogP) is 5.77. The maximum Gasteiger partial charge on any atom is -0.0262 e. The van der Waals surface area contributed by atoms with Crippen LogP contribution in [0.25, 0.3) is 0 Å². The second kappa shape index (κ2) is 9.27. The normalized spacial score (nSPS) is 15.7. The maximum absolute atomic E-state index is 3.86. The van der Waals surface area contributed by atoms with Crippen LogP contribution >= 0.6 is 0 Å². The molecule has 0 saturated carbocycles. The van der Waals surface area contributed by atoms with Gasteiger partial charge in [-0.25, -0.2) is 0 Å². The van der Waals surface area contributed by atoms with Gasteiger partial charge in [-0.3, -0.25) is 0 Å². The van der Waals surface area contributed by atoms with Crippen molar-refractivity contribution in [2.24, 2.45) is 17.8 Å².